The molecule has 0 aliphatic rings. The first-order valence-corrected chi connectivity index (χ1v) is 6.98. The van der Waals surface area contributed by atoms with Crippen LogP contribution in [0.2, 0.25) is 5.15 Å². The second-order valence-corrected chi connectivity index (χ2v) is 4.84. The van der Waals surface area contributed by atoms with Crippen LogP contribution in [0.15, 0.2) is 11.4 Å². The van der Waals surface area contributed by atoms with E-state index in [0.717, 1.165) is 21.8 Å². The molecule has 0 aromatic carbocycles. The van der Waals surface area contributed by atoms with Crippen molar-refractivity contribution in [3.05, 3.63) is 16.9 Å². The van der Waals surface area contributed by atoms with Gasteiger partial charge in [0.2, 0.25) is 10.8 Å². The van der Waals surface area contributed by atoms with Gasteiger partial charge in [-0.25, -0.2) is 4.98 Å². The van der Waals surface area contributed by atoms with Gasteiger partial charge in [-0.2, -0.15) is 0 Å². The molecule has 0 aliphatic heterocycles. The van der Waals surface area contributed by atoms with Crippen molar-refractivity contribution in [3.63, 3.8) is 0 Å². The number of fused-ring (bicyclic) bond motifs is 1. The van der Waals surface area contributed by atoms with Crippen LogP contribution in [0.1, 0.15) is 12.5 Å². The molecular weight excluding hydrogens is 274 g/mol. The molecule has 0 aliphatic carbocycles. The number of aromatic nitrogens is 3. The zero-order valence-corrected chi connectivity index (χ0v) is 11.6. The summed E-state index contributed by atoms with van der Waals surface area (Å²) in [5, 5.41) is 2.05. The number of hydrogen-bond acceptors (Lipinski definition) is 4. The third kappa shape index (κ3) is 2.76. The number of rotatable bonds is 4. The van der Waals surface area contributed by atoms with Crippen molar-refractivity contribution in [2.75, 3.05) is 12.9 Å². The molecule has 0 atom stereocenters. The molecule has 2 aromatic rings. The Morgan fingerprint density at radius 1 is 1.67 bits per heavy atom. The maximum Gasteiger partial charge on any atom is 0.302 e. The van der Waals surface area contributed by atoms with E-state index < -0.39 is 0 Å². The summed E-state index contributed by atoms with van der Waals surface area (Å²) in [4.78, 5) is 21.2. The summed E-state index contributed by atoms with van der Waals surface area (Å²) >= 11 is 7.65. The summed E-state index contributed by atoms with van der Waals surface area (Å²) in [6.45, 7) is 1.73. The standard InChI is InChI=1S/C11H12ClN3O2S/c1-6(16)17-4-3-7-5-13-10-8(7)9(12)14-11(15-10)18-2/h5H,3-4H2,1-2H3,(H,13,14,15)/p+1. The molecular formula is C11H13ClN3O2S+. The van der Waals surface area contributed by atoms with Crippen molar-refractivity contribution in [1.29, 1.82) is 0 Å². The summed E-state index contributed by atoms with van der Waals surface area (Å²) in [5.41, 5.74) is 1.81. The topological polar surface area (TPSA) is 69.1 Å². The summed E-state index contributed by atoms with van der Waals surface area (Å²) in [6.07, 6.45) is 4.38. The summed E-state index contributed by atoms with van der Waals surface area (Å²) in [6, 6.07) is 0. The van der Waals surface area contributed by atoms with Gasteiger partial charge in [0, 0.05) is 18.9 Å². The molecule has 2 aromatic heterocycles. The van der Waals surface area contributed by atoms with Crippen molar-refractivity contribution < 1.29 is 14.5 Å². The highest BCUT2D eigenvalue weighted by Gasteiger charge is 2.17. The third-order valence-corrected chi connectivity index (χ3v) is 3.32. The molecule has 0 spiro atoms. The smallest absolute Gasteiger partial charge is 0.302 e. The lowest BCUT2D eigenvalue weighted by atomic mass is 10.2. The molecule has 0 saturated heterocycles. The Labute approximate surface area is 113 Å². The van der Waals surface area contributed by atoms with E-state index in [0.29, 0.717) is 18.2 Å². The van der Waals surface area contributed by atoms with Crippen molar-refractivity contribution in [1.82, 2.24) is 9.97 Å². The van der Waals surface area contributed by atoms with Gasteiger partial charge in [-0.3, -0.25) is 9.78 Å². The fraction of sp³-hybridized carbons (Fsp3) is 0.364. The number of esters is 1. The predicted octanol–water partition coefficient (Wildman–Crippen LogP) is 1.86. The van der Waals surface area contributed by atoms with Gasteiger partial charge >= 0.3 is 5.97 Å². The Bertz CT molecular complexity index is 585. The summed E-state index contributed by atoms with van der Waals surface area (Å²) < 4.78 is 4.92. The van der Waals surface area contributed by atoms with Crippen LogP contribution in [-0.2, 0) is 16.0 Å². The zero-order chi connectivity index (χ0) is 13.1. The van der Waals surface area contributed by atoms with Crippen LogP contribution in [0.5, 0.6) is 0 Å². The number of nitrogens with one attached hydrogen (secondary N) is 2. The van der Waals surface area contributed by atoms with Gasteiger partial charge in [0.05, 0.1) is 12.8 Å². The van der Waals surface area contributed by atoms with Gasteiger partial charge in [-0.15, -0.1) is 0 Å². The minimum absolute atomic E-state index is 0.282. The Morgan fingerprint density at radius 2 is 2.44 bits per heavy atom. The van der Waals surface area contributed by atoms with E-state index in [1.807, 2.05) is 12.5 Å². The number of halogens is 1. The molecule has 2 N–H and O–H groups in total. The maximum absolute atomic E-state index is 10.7. The SMILES string of the molecule is CSc1nc(Cl)c2c(CCOC(C)=O)c[nH]c2[nH+]1. The fourth-order valence-corrected chi connectivity index (χ4v) is 2.41. The van der Waals surface area contributed by atoms with Crippen LogP contribution < -0.4 is 4.98 Å². The molecule has 2 rings (SSSR count). The molecule has 0 bridgehead atoms. The average molecular weight is 287 g/mol. The van der Waals surface area contributed by atoms with E-state index in [-0.39, 0.29) is 5.97 Å². The first-order chi connectivity index (χ1) is 8.61. The number of H-pyrrole nitrogens is 2. The van der Waals surface area contributed by atoms with Crippen LogP contribution in [0, 0.1) is 0 Å². The minimum Gasteiger partial charge on any atom is -0.466 e. The lowest BCUT2D eigenvalue weighted by Gasteiger charge is -2.00. The number of carbonyl (C=O) groups excluding carboxylic acids is 1. The quantitative estimate of drug-likeness (QED) is 0.403. The van der Waals surface area contributed by atoms with Crippen molar-refractivity contribution in [2.24, 2.45) is 0 Å². The highest BCUT2D eigenvalue weighted by molar-refractivity contribution is 7.98. The lowest BCUT2D eigenvalue weighted by molar-refractivity contribution is -0.404. The number of carbonyl (C=O) groups is 1. The number of hydrogen-bond donors (Lipinski definition) is 1. The number of thioether (sulfide) groups is 1. The molecule has 7 heteroatoms. The van der Waals surface area contributed by atoms with E-state index in [4.69, 9.17) is 16.3 Å². The normalized spacial score (nSPS) is 10.8. The maximum atomic E-state index is 10.7. The van der Waals surface area contributed by atoms with Crippen LogP contribution in [0.3, 0.4) is 0 Å². The Balaban J connectivity index is 2.27. The molecule has 0 amide bonds. The Morgan fingerprint density at radius 3 is 3.11 bits per heavy atom. The van der Waals surface area contributed by atoms with E-state index in [9.17, 15) is 4.79 Å². The second-order valence-electron chi connectivity index (χ2n) is 3.69. The predicted molar refractivity (Wildman–Crippen MR) is 69.8 cm³/mol. The van der Waals surface area contributed by atoms with E-state index in [1.54, 1.807) is 0 Å². The highest BCUT2D eigenvalue weighted by atomic mass is 35.5. The average Bonchev–Trinajstić information content (AvgIpc) is 2.72. The molecule has 0 unspecified atom stereocenters. The molecule has 18 heavy (non-hydrogen) atoms. The van der Waals surface area contributed by atoms with Crippen LogP contribution >= 0.6 is 23.4 Å². The number of ether oxygens (including phenoxy) is 1. The summed E-state index contributed by atoms with van der Waals surface area (Å²) in [7, 11) is 0. The second kappa shape index (κ2) is 5.58. The molecule has 5 nitrogen and oxygen atoms in total. The zero-order valence-electron chi connectivity index (χ0n) is 10.0. The van der Waals surface area contributed by atoms with Gasteiger partial charge in [0.1, 0.15) is 5.39 Å². The summed E-state index contributed by atoms with van der Waals surface area (Å²) in [5.74, 6) is -0.282. The number of aromatic amines is 2. The third-order valence-electron chi connectivity index (χ3n) is 2.47. The van der Waals surface area contributed by atoms with E-state index in [2.05, 4.69) is 15.0 Å². The van der Waals surface area contributed by atoms with Crippen molar-refractivity contribution in [2.45, 2.75) is 18.5 Å². The van der Waals surface area contributed by atoms with Crippen LogP contribution in [0.4, 0.5) is 0 Å². The Hall–Kier alpha value is -1.27. The molecule has 96 valence electrons. The highest BCUT2D eigenvalue weighted by Crippen LogP contribution is 2.24. The largest absolute Gasteiger partial charge is 0.466 e. The molecule has 0 saturated carbocycles. The van der Waals surface area contributed by atoms with E-state index >= 15 is 0 Å². The molecule has 0 fully saturated rings. The molecule has 0 radical (unpaired) electrons. The monoisotopic (exact) mass is 286 g/mol. The minimum atomic E-state index is -0.282. The first kappa shape index (κ1) is 13.2. The Kier molecular flexibility index (Phi) is 4.08. The van der Waals surface area contributed by atoms with Gasteiger partial charge in [-0.05, 0) is 17.9 Å². The molecule has 2 heterocycles. The lowest BCUT2D eigenvalue weighted by Crippen LogP contribution is -2.10. The van der Waals surface area contributed by atoms with E-state index in [1.165, 1.54) is 18.7 Å². The first-order valence-electron chi connectivity index (χ1n) is 5.38. The van der Waals surface area contributed by atoms with Crippen molar-refractivity contribution in [3.8, 4) is 0 Å². The van der Waals surface area contributed by atoms with Crippen LogP contribution in [0.25, 0.3) is 11.0 Å². The fourth-order valence-electron chi connectivity index (χ4n) is 1.68. The van der Waals surface area contributed by atoms with Gasteiger partial charge in [0.25, 0.3) is 5.16 Å². The van der Waals surface area contributed by atoms with Gasteiger partial charge in [-0.1, -0.05) is 16.7 Å². The van der Waals surface area contributed by atoms with Gasteiger partial charge in [0.15, 0.2) is 0 Å². The number of nitrogens with zero attached hydrogens (tertiary/aromatic N) is 1. The van der Waals surface area contributed by atoms with Gasteiger partial charge < -0.3 is 4.74 Å². The van der Waals surface area contributed by atoms with Crippen molar-refractivity contribution >= 4 is 40.4 Å². The van der Waals surface area contributed by atoms with Crippen LogP contribution in [-0.4, -0.2) is 28.8 Å².